The van der Waals surface area contributed by atoms with Gasteiger partial charge in [-0.2, -0.15) is 0 Å². The average Bonchev–Trinajstić information content (AvgIpc) is 2.74. The summed E-state index contributed by atoms with van der Waals surface area (Å²) in [5, 5.41) is 27.2. The van der Waals surface area contributed by atoms with Gasteiger partial charge in [0.25, 0.3) is 0 Å². The minimum absolute atomic E-state index is 0.0117. The summed E-state index contributed by atoms with van der Waals surface area (Å²) in [5.41, 5.74) is 0. The van der Waals surface area contributed by atoms with Crippen molar-refractivity contribution in [2.45, 2.75) is 76.8 Å². The first-order valence-electron chi connectivity index (χ1n) is 10.8. The maximum Gasteiger partial charge on any atom is 0.326 e. The van der Waals surface area contributed by atoms with Crippen molar-refractivity contribution >= 4 is 29.8 Å². The van der Waals surface area contributed by atoms with Crippen molar-refractivity contribution in [2.24, 2.45) is 17.0 Å². The molecule has 32 heavy (non-hydrogen) atoms. The van der Waals surface area contributed by atoms with Crippen LogP contribution in [0.5, 0.6) is 0 Å². The summed E-state index contributed by atoms with van der Waals surface area (Å²) in [7, 11) is 0. The number of carboxylic acids is 2. The molecular formula is C20H32N4O8. The van der Waals surface area contributed by atoms with E-state index in [2.05, 4.69) is 28.1 Å². The van der Waals surface area contributed by atoms with Gasteiger partial charge in [0.2, 0.25) is 5.91 Å². The number of hydrogen-bond donors (Lipinski definition) is 5. The molecule has 1 aliphatic rings. The van der Waals surface area contributed by atoms with Crippen molar-refractivity contribution in [3.8, 4) is 0 Å². The van der Waals surface area contributed by atoms with Crippen LogP contribution in [0.15, 0.2) is 5.18 Å². The topological polar surface area (TPSA) is 191 Å². The number of unbranched alkanes of at least 4 members (excludes halogenated alkanes) is 1. The zero-order valence-electron chi connectivity index (χ0n) is 18.2. The van der Waals surface area contributed by atoms with Crippen LogP contribution in [-0.2, 0) is 19.2 Å². The van der Waals surface area contributed by atoms with Gasteiger partial charge < -0.3 is 26.2 Å². The molecule has 0 aromatic carbocycles. The third-order valence-corrected chi connectivity index (χ3v) is 5.55. The summed E-state index contributed by atoms with van der Waals surface area (Å²) in [4.78, 5) is 68.3. The van der Waals surface area contributed by atoms with Gasteiger partial charge in [0.05, 0.1) is 0 Å². The molecule has 1 saturated carbocycles. The van der Waals surface area contributed by atoms with E-state index in [4.69, 9.17) is 10.2 Å². The van der Waals surface area contributed by atoms with Crippen molar-refractivity contribution in [1.29, 1.82) is 0 Å². The smallest absolute Gasteiger partial charge is 0.326 e. The average molecular weight is 456 g/mol. The third kappa shape index (κ3) is 10.3. The molecule has 0 heterocycles. The normalized spacial score (nSPS) is 19.8. The standard InChI is InChI=1S/C20H32N4O8/c1-12-5-7-13(8-6-12)17(27)21-11-3-2-4-14(18(28)24-32)22-20(31)23-15(19(29)30)9-10-16(25)26/h12-15H,2-11H2,1H3,(H,21,27)(H,25,26)(H,29,30)(H2,22,23,31)/t12?,13?,14-,15?/m0/s1. The summed E-state index contributed by atoms with van der Waals surface area (Å²) < 4.78 is 0. The summed E-state index contributed by atoms with van der Waals surface area (Å²) in [6.07, 6.45) is 3.98. The van der Waals surface area contributed by atoms with E-state index >= 15 is 0 Å². The van der Waals surface area contributed by atoms with Crippen LogP contribution in [-0.4, -0.2) is 58.6 Å². The Balaban J connectivity index is 2.41. The molecule has 2 atom stereocenters. The van der Waals surface area contributed by atoms with Gasteiger partial charge in [-0.3, -0.25) is 14.4 Å². The Morgan fingerprint density at radius 2 is 1.56 bits per heavy atom. The minimum atomic E-state index is -1.47. The molecule has 0 aromatic rings. The molecular weight excluding hydrogens is 424 g/mol. The molecule has 1 aliphatic carbocycles. The van der Waals surface area contributed by atoms with Crippen LogP contribution in [0.3, 0.4) is 0 Å². The highest BCUT2D eigenvalue weighted by molar-refractivity contribution is 5.89. The molecule has 0 radical (unpaired) electrons. The fourth-order valence-corrected chi connectivity index (χ4v) is 3.56. The molecule has 1 fully saturated rings. The maximum absolute atomic E-state index is 12.2. The van der Waals surface area contributed by atoms with Crippen LogP contribution in [0.1, 0.15) is 64.7 Å². The fraction of sp³-hybridized carbons (Fsp3) is 0.750. The van der Waals surface area contributed by atoms with E-state index in [1.54, 1.807) is 0 Å². The van der Waals surface area contributed by atoms with E-state index in [0.717, 1.165) is 25.7 Å². The molecule has 0 aliphatic heterocycles. The molecule has 0 spiro atoms. The first-order chi connectivity index (χ1) is 15.1. The van der Waals surface area contributed by atoms with Crippen LogP contribution < -0.4 is 16.0 Å². The van der Waals surface area contributed by atoms with E-state index in [-0.39, 0.29) is 24.7 Å². The number of aliphatic carboxylic acids is 2. The number of carbonyl (C=O) groups excluding carboxylic acids is 3. The lowest BCUT2D eigenvalue weighted by molar-refractivity contribution is -0.140. The zero-order chi connectivity index (χ0) is 24.1. The predicted octanol–water partition coefficient (Wildman–Crippen LogP) is 1.38. The number of urea groups is 1. The molecule has 0 bridgehead atoms. The number of rotatable bonds is 13. The first kappa shape index (κ1) is 27.0. The van der Waals surface area contributed by atoms with E-state index in [9.17, 15) is 28.9 Å². The summed E-state index contributed by atoms with van der Waals surface area (Å²) >= 11 is 0. The lowest BCUT2D eigenvalue weighted by Crippen LogP contribution is -2.51. The van der Waals surface area contributed by atoms with Crippen LogP contribution in [0, 0.1) is 16.7 Å². The number of amides is 4. The SMILES string of the molecule is CC1CCC(C(=O)NCCCC[C@H](NC(=O)NC(CCC(=O)O)C(=O)O)C(=O)N=O)CC1. The van der Waals surface area contributed by atoms with Crippen LogP contribution in [0.4, 0.5) is 4.79 Å². The lowest BCUT2D eigenvalue weighted by atomic mass is 9.82. The highest BCUT2D eigenvalue weighted by Gasteiger charge is 2.26. The second-order valence-electron chi connectivity index (χ2n) is 8.17. The van der Waals surface area contributed by atoms with Gasteiger partial charge in [0, 0.05) is 24.1 Å². The van der Waals surface area contributed by atoms with Crippen LogP contribution in [0.25, 0.3) is 0 Å². The predicted molar refractivity (Wildman–Crippen MR) is 113 cm³/mol. The van der Waals surface area contributed by atoms with Gasteiger partial charge in [0.15, 0.2) is 0 Å². The number of nitrogens with one attached hydrogen (secondary N) is 3. The van der Waals surface area contributed by atoms with Gasteiger partial charge in [-0.25, -0.2) is 9.59 Å². The quantitative estimate of drug-likeness (QED) is 0.203. The number of carbonyl (C=O) groups is 5. The third-order valence-electron chi connectivity index (χ3n) is 5.55. The van der Waals surface area contributed by atoms with Crippen molar-refractivity contribution < 1.29 is 34.2 Å². The molecule has 4 amide bonds. The van der Waals surface area contributed by atoms with Gasteiger partial charge in [-0.1, -0.05) is 6.92 Å². The molecule has 12 nitrogen and oxygen atoms in total. The van der Waals surface area contributed by atoms with E-state index in [1.807, 2.05) is 0 Å². The fourth-order valence-electron chi connectivity index (χ4n) is 3.56. The Kier molecular flexibility index (Phi) is 11.9. The van der Waals surface area contributed by atoms with E-state index in [0.29, 0.717) is 25.3 Å². The molecule has 180 valence electrons. The van der Waals surface area contributed by atoms with E-state index < -0.39 is 42.4 Å². The number of carboxylic acid groups (broad SMARTS) is 2. The summed E-state index contributed by atoms with van der Waals surface area (Å²) in [5.74, 6) is -3.08. The molecule has 0 aromatic heterocycles. The monoisotopic (exact) mass is 456 g/mol. The molecule has 5 N–H and O–H groups in total. The molecule has 1 unspecified atom stereocenters. The second-order valence-corrected chi connectivity index (χ2v) is 8.17. The molecule has 0 saturated heterocycles. The first-order valence-corrected chi connectivity index (χ1v) is 10.8. The van der Waals surface area contributed by atoms with E-state index in [1.165, 1.54) is 0 Å². The highest BCUT2D eigenvalue weighted by Crippen LogP contribution is 2.28. The van der Waals surface area contributed by atoms with Gasteiger partial charge in [-0.15, -0.1) is 4.91 Å². The Morgan fingerprint density at radius 3 is 2.12 bits per heavy atom. The van der Waals surface area contributed by atoms with Gasteiger partial charge in [-0.05, 0) is 57.3 Å². The van der Waals surface area contributed by atoms with Crippen LogP contribution >= 0.6 is 0 Å². The number of nitrogens with zero attached hydrogens (tertiary/aromatic N) is 1. The van der Waals surface area contributed by atoms with Gasteiger partial charge >= 0.3 is 23.9 Å². The number of hydrogen-bond acceptors (Lipinski definition) is 6. The zero-order valence-corrected chi connectivity index (χ0v) is 18.2. The van der Waals surface area contributed by atoms with Crippen LogP contribution in [0.2, 0.25) is 0 Å². The summed E-state index contributed by atoms with van der Waals surface area (Å²) in [6, 6.07) is -3.74. The summed E-state index contributed by atoms with van der Waals surface area (Å²) in [6.45, 7) is 2.56. The second kappa shape index (κ2) is 14.1. The van der Waals surface area contributed by atoms with Crippen molar-refractivity contribution in [1.82, 2.24) is 16.0 Å². The Bertz CT molecular complexity index is 691. The minimum Gasteiger partial charge on any atom is -0.481 e. The lowest BCUT2D eigenvalue weighted by Gasteiger charge is -2.25. The molecule has 1 rings (SSSR count). The van der Waals surface area contributed by atoms with Crippen molar-refractivity contribution in [2.75, 3.05) is 6.54 Å². The van der Waals surface area contributed by atoms with Crippen molar-refractivity contribution in [3.63, 3.8) is 0 Å². The highest BCUT2D eigenvalue weighted by atomic mass is 16.4. The number of nitroso groups, excluding NO2 is 1. The maximum atomic E-state index is 12.2. The van der Waals surface area contributed by atoms with Crippen molar-refractivity contribution in [3.05, 3.63) is 4.91 Å². The Labute approximate surface area is 185 Å². The Morgan fingerprint density at radius 1 is 0.938 bits per heavy atom. The van der Waals surface area contributed by atoms with Gasteiger partial charge in [0.1, 0.15) is 12.1 Å². The molecule has 12 heteroatoms. The Hall–Kier alpha value is -3.05. The largest absolute Gasteiger partial charge is 0.481 e.